The van der Waals surface area contributed by atoms with Crippen molar-refractivity contribution in [3.8, 4) is 11.1 Å². The molecule has 0 heterocycles. The van der Waals surface area contributed by atoms with Crippen molar-refractivity contribution in [3.63, 3.8) is 0 Å². The highest BCUT2D eigenvalue weighted by molar-refractivity contribution is 6.52. The van der Waals surface area contributed by atoms with Gasteiger partial charge in [0, 0.05) is 11.0 Å². The summed E-state index contributed by atoms with van der Waals surface area (Å²) in [5.74, 6) is -0.105. The van der Waals surface area contributed by atoms with Crippen molar-refractivity contribution in [2.24, 2.45) is 0 Å². The van der Waals surface area contributed by atoms with Crippen LogP contribution < -0.4 is 0 Å². The summed E-state index contributed by atoms with van der Waals surface area (Å²) in [4.78, 5) is 0. The Labute approximate surface area is 145 Å². The number of allylic oxidation sites excluding steroid dienone is 4. The highest BCUT2D eigenvalue weighted by Crippen LogP contribution is 2.57. The first-order valence-electron chi connectivity index (χ1n) is 7.22. The molecule has 110 valence electrons. The van der Waals surface area contributed by atoms with Gasteiger partial charge in [-0.25, -0.2) is 0 Å². The van der Waals surface area contributed by atoms with Gasteiger partial charge < -0.3 is 0 Å². The maximum atomic E-state index is 6.88. The molecule has 4 rings (SSSR count). The van der Waals surface area contributed by atoms with Gasteiger partial charge in [0.05, 0.1) is 0 Å². The van der Waals surface area contributed by atoms with E-state index in [1.807, 2.05) is 36.4 Å². The van der Waals surface area contributed by atoms with Gasteiger partial charge in [-0.1, -0.05) is 89.4 Å². The zero-order valence-corrected chi connectivity index (χ0v) is 14.0. The van der Waals surface area contributed by atoms with Gasteiger partial charge in [-0.2, -0.15) is 0 Å². The largest absolute Gasteiger partial charge is 0.152 e. The number of halogens is 3. The number of alkyl halides is 2. The second-order valence-corrected chi connectivity index (χ2v) is 7.46. The van der Waals surface area contributed by atoms with E-state index in [0.717, 1.165) is 16.7 Å². The van der Waals surface area contributed by atoms with Gasteiger partial charge in [-0.15, -0.1) is 0 Å². The molecule has 0 unspecified atom stereocenters. The van der Waals surface area contributed by atoms with Crippen LogP contribution in [0.5, 0.6) is 0 Å². The Morgan fingerprint density at radius 1 is 0.864 bits per heavy atom. The maximum absolute atomic E-state index is 6.88. The lowest BCUT2D eigenvalue weighted by Crippen LogP contribution is -2.26. The maximum Gasteiger partial charge on any atom is 0.152 e. The van der Waals surface area contributed by atoms with Crippen molar-refractivity contribution in [1.29, 1.82) is 0 Å². The van der Waals surface area contributed by atoms with Gasteiger partial charge in [0.25, 0.3) is 0 Å². The van der Waals surface area contributed by atoms with Crippen LogP contribution >= 0.6 is 34.8 Å². The molecule has 0 aliphatic heterocycles. The van der Waals surface area contributed by atoms with Crippen molar-refractivity contribution >= 4 is 34.8 Å². The van der Waals surface area contributed by atoms with E-state index in [-0.39, 0.29) is 5.92 Å². The van der Waals surface area contributed by atoms with Crippen molar-refractivity contribution in [1.82, 2.24) is 0 Å². The molecule has 0 saturated heterocycles. The van der Waals surface area contributed by atoms with Crippen LogP contribution in [0.4, 0.5) is 0 Å². The normalized spacial score (nSPS) is 17.0. The average Bonchev–Trinajstić information content (AvgIpc) is 3.09. The number of benzene rings is 2. The van der Waals surface area contributed by atoms with Gasteiger partial charge in [0.2, 0.25) is 0 Å². The second kappa shape index (κ2) is 5.16. The summed E-state index contributed by atoms with van der Waals surface area (Å²) in [6.45, 7) is 0. The Bertz CT molecular complexity index is 769. The fourth-order valence-corrected chi connectivity index (χ4v) is 4.73. The summed E-state index contributed by atoms with van der Waals surface area (Å²) < 4.78 is -1.05. The minimum Gasteiger partial charge on any atom is -0.0955 e. The van der Waals surface area contributed by atoms with Crippen LogP contribution in [0.1, 0.15) is 23.5 Å². The predicted molar refractivity (Wildman–Crippen MR) is 94.8 cm³/mol. The van der Waals surface area contributed by atoms with Crippen molar-refractivity contribution in [3.05, 3.63) is 82.4 Å². The van der Waals surface area contributed by atoms with Crippen LogP contribution in [0.3, 0.4) is 0 Å². The molecule has 0 saturated carbocycles. The van der Waals surface area contributed by atoms with Crippen LogP contribution in [-0.4, -0.2) is 4.33 Å². The Morgan fingerprint density at radius 2 is 1.41 bits per heavy atom. The molecule has 0 spiro atoms. The van der Waals surface area contributed by atoms with E-state index in [2.05, 4.69) is 24.3 Å². The molecule has 0 N–H and O–H groups in total. The summed E-state index contributed by atoms with van der Waals surface area (Å²) >= 11 is 20.1. The van der Waals surface area contributed by atoms with E-state index in [1.54, 1.807) is 0 Å². The fraction of sp³-hybridized carbons (Fsp3) is 0.158. The average molecular weight is 348 g/mol. The second-order valence-electron chi connectivity index (χ2n) is 5.66. The van der Waals surface area contributed by atoms with Crippen molar-refractivity contribution < 1.29 is 0 Å². The Morgan fingerprint density at radius 3 is 1.91 bits per heavy atom. The van der Waals surface area contributed by atoms with Crippen LogP contribution in [0.2, 0.25) is 0 Å². The topological polar surface area (TPSA) is 0 Å². The predicted octanol–water partition coefficient (Wildman–Crippen LogP) is 6.43. The van der Waals surface area contributed by atoms with Gasteiger partial charge in [0.15, 0.2) is 4.33 Å². The van der Waals surface area contributed by atoms with Crippen LogP contribution in [-0.2, 0) is 0 Å². The third-order valence-electron chi connectivity index (χ3n) is 4.47. The highest BCUT2D eigenvalue weighted by atomic mass is 35.5. The van der Waals surface area contributed by atoms with Crippen LogP contribution in [0, 0.1) is 0 Å². The molecule has 0 atom stereocenters. The van der Waals surface area contributed by atoms with Crippen LogP contribution in [0.25, 0.3) is 11.1 Å². The Hall–Kier alpha value is -1.21. The molecule has 0 radical (unpaired) electrons. The van der Waals surface area contributed by atoms with E-state index < -0.39 is 4.33 Å². The van der Waals surface area contributed by atoms with Gasteiger partial charge in [-0.05, 0) is 40.3 Å². The molecule has 2 aromatic carbocycles. The molecule has 0 amide bonds. The first kappa shape index (κ1) is 14.4. The molecule has 0 aromatic heterocycles. The quantitative estimate of drug-likeness (QED) is 0.549. The number of rotatable bonds is 2. The minimum absolute atomic E-state index is 0.105. The summed E-state index contributed by atoms with van der Waals surface area (Å²) in [7, 11) is 0. The smallest absolute Gasteiger partial charge is 0.0955 e. The number of hydrogen-bond donors (Lipinski definition) is 0. The summed E-state index contributed by atoms with van der Waals surface area (Å²) in [6, 6.07) is 16.6. The highest BCUT2D eigenvalue weighted by Gasteiger charge is 2.46. The van der Waals surface area contributed by atoms with Crippen LogP contribution in [0.15, 0.2) is 71.3 Å². The molecule has 2 aromatic rings. The molecule has 3 heteroatoms. The van der Waals surface area contributed by atoms with E-state index in [1.165, 1.54) is 11.1 Å². The summed E-state index contributed by atoms with van der Waals surface area (Å²) in [5, 5.41) is 0.659. The Balaban J connectivity index is 1.94. The molecule has 2 aliphatic rings. The molecule has 0 bridgehead atoms. The SMILES string of the molecule is ClC1=C(C(Cl)(Cl)C2c3ccccc3-c3ccccc32)CC=C1. The summed E-state index contributed by atoms with van der Waals surface area (Å²) in [5.41, 5.74) is 5.62. The lowest BCUT2D eigenvalue weighted by Gasteiger charge is -2.30. The molecular formula is C19H13Cl3. The molecule has 0 fully saturated rings. The first-order chi connectivity index (χ1) is 10.6. The zero-order valence-electron chi connectivity index (χ0n) is 11.7. The molecule has 22 heavy (non-hydrogen) atoms. The zero-order chi connectivity index (χ0) is 15.3. The lowest BCUT2D eigenvalue weighted by molar-refractivity contribution is 0.753. The monoisotopic (exact) mass is 346 g/mol. The van der Waals surface area contributed by atoms with Crippen molar-refractivity contribution in [2.75, 3.05) is 0 Å². The van der Waals surface area contributed by atoms with E-state index in [0.29, 0.717) is 11.5 Å². The Kier molecular flexibility index (Phi) is 3.38. The van der Waals surface area contributed by atoms with Gasteiger partial charge in [-0.3, -0.25) is 0 Å². The van der Waals surface area contributed by atoms with E-state index in [9.17, 15) is 0 Å². The molecule has 0 nitrogen and oxygen atoms in total. The van der Waals surface area contributed by atoms with E-state index in [4.69, 9.17) is 34.8 Å². The number of hydrogen-bond acceptors (Lipinski definition) is 0. The number of fused-ring (bicyclic) bond motifs is 3. The van der Waals surface area contributed by atoms with Crippen molar-refractivity contribution in [2.45, 2.75) is 16.7 Å². The third kappa shape index (κ3) is 1.98. The summed E-state index contributed by atoms with van der Waals surface area (Å²) in [6.07, 6.45) is 4.58. The fourth-order valence-electron chi connectivity index (χ4n) is 3.49. The third-order valence-corrected chi connectivity index (χ3v) is 5.72. The van der Waals surface area contributed by atoms with Gasteiger partial charge in [0.1, 0.15) is 0 Å². The molecule has 2 aliphatic carbocycles. The lowest BCUT2D eigenvalue weighted by atomic mass is 9.88. The molecular weight excluding hydrogens is 335 g/mol. The first-order valence-corrected chi connectivity index (χ1v) is 8.36. The van der Waals surface area contributed by atoms with Gasteiger partial charge >= 0.3 is 0 Å². The standard InChI is InChI=1S/C19H13Cl3/c20-17-11-5-10-16(17)19(21,22)18-14-8-3-1-6-12(14)13-7-2-4-9-15(13)18/h1-9,11,18H,10H2. The minimum atomic E-state index is -1.05. The van der Waals surface area contributed by atoms with E-state index >= 15 is 0 Å².